The van der Waals surface area contributed by atoms with E-state index in [2.05, 4.69) is 0 Å². The van der Waals surface area contributed by atoms with E-state index in [9.17, 15) is 31.9 Å². The fourth-order valence-corrected chi connectivity index (χ4v) is 5.65. The maximum Gasteiger partial charge on any atom is 0.321 e. The van der Waals surface area contributed by atoms with Gasteiger partial charge in [-0.2, -0.15) is 0 Å². The summed E-state index contributed by atoms with van der Waals surface area (Å²) in [5, 5.41) is 10.1. The van der Waals surface area contributed by atoms with Gasteiger partial charge in [-0.15, -0.1) is 0 Å². The van der Waals surface area contributed by atoms with Crippen molar-refractivity contribution in [2.45, 2.75) is 36.8 Å². The van der Waals surface area contributed by atoms with Gasteiger partial charge in [0.05, 0.1) is 36.3 Å². The van der Waals surface area contributed by atoms with E-state index >= 15 is 0 Å². The number of hydrogen-bond donors (Lipinski definition) is 1. The van der Waals surface area contributed by atoms with E-state index in [0.29, 0.717) is 43.5 Å². The number of aromatic nitrogens is 1. The van der Waals surface area contributed by atoms with Crippen molar-refractivity contribution in [2.24, 2.45) is 7.05 Å². The van der Waals surface area contributed by atoms with Gasteiger partial charge in [0.25, 0.3) is 0 Å². The second kappa shape index (κ2) is 11.2. The van der Waals surface area contributed by atoms with Gasteiger partial charge in [0, 0.05) is 25.3 Å². The maximum atomic E-state index is 14.6. The SMILES string of the molecule is Cc1cc2c(cc(N(C=O)[C@H](CO)c3ccc(S(=O)(=O)CC(=O)OC4CCOCC4)cc3)n2C)c(F)c1F. The van der Waals surface area contributed by atoms with Gasteiger partial charge in [0.2, 0.25) is 6.41 Å². The molecule has 9 nitrogen and oxygen atoms in total. The quantitative estimate of drug-likeness (QED) is 0.322. The lowest BCUT2D eigenvalue weighted by Crippen LogP contribution is -2.31. The van der Waals surface area contributed by atoms with Crippen LogP contribution >= 0.6 is 0 Å². The third-order valence-electron chi connectivity index (χ3n) is 6.67. The minimum absolute atomic E-state index is 0.0248. The Hall–Kier alpha value is -3.35. The van der Waals surface area contributed by atoms with Gasteiger partial charge in [-0.1, -0.05) is 12.1 Å². The fourth-order valence-electron chi connectivity index (χ4n) is 4.55. The Labute approximate surface area is 218 Å². The predicted octanol–water partition coefficient (Wildman–Crippen LogP) is 2.96. The van der Waals surface area contributed by atoms with Crippen molar-refractivity contribution < 1.29 is 41.4 Å². The van der Waals surface area contributed by atoms with Gasteiger partial charge in [-0.05, 0) is 42.3 Å². The van der Waals surface area contributed by atoms with E-state index in [-0.39, 0.29) is 27.8 Å². The zero-order chi connectivity index (χ0) is 27.6. The molecule has 12 heteroatoms. The average molecular weight is 551 g/mol. The molecule has 204 valence electrons. The minimum Gasteiger partial charge on any atom is -0.461 e. The second-order valence-electron chi connectivity index (χ2n) is 9.16. The molecule has 2 aromatic carbocycles. The largest absolute Gasteiger partial charge is 0.461 e. The molecule has 0 aliphatic carbocycles. The van der Waals surface area contributed by atoms with Gasteiger partial charge >= 0.3 is 5.97 Å². The molecule has 38 heavy (non-hydrogen) atoms. The number of aliphatic hydroxyl groups excluding tert-OH is 1. The number of nitrogens with zero attached hydrogens (tertiary/aromatic N) is 2. The number of aryl methyl sites for hydroxylation is 2. The molecule has 1 saturated heterocycles. The Morgan fingerprint density at radius 1 is 1.21 bits per heavy atom. The van der Waals surface area contributed by atoms with Gasteiger partial charge in [0.1, 0.15) is 11.9 Å². The average Bonchev–Trinajstić information content (AvgIpc) is 3.21. The summed E-state index contributed by atoms with van der Waals surface area (Å²) in [5.74, 6) is -3.51. The molecule has 3 aromatic rings. The molecule has 2 heterocycles. The number of aliphatic hydroxyl groups is 1. The van der Waals surface area contributed by atoms with Gasteiger partial charge < -0.3 is 19.1 Å². The van der Waals surface area contributed by atoms with Crippen molar-refractivity contribution in [3.05, 3.63) is 59.2 Å². The summed E-state index contributed by atoms with van der Waals surface area (Å²) in [5.41, 5.74) is 0.845. The van der Waals surface area contributed by atoms with Crippen LogP contribution in [0.4, 0.5) is 14.6 Å². The molecule has 0 radical (unpaired) electrons. The monoisotopic (exact) mass is 550 g/mol. The molecule has 1 fully saturated rings. The molecule has 1 aromatic heterocycles. The molecule has 0 spiro atoms. The highest BCUT2D eigenvalue weighted by Gasteiger charge is 2.27. The van der Waals surface area contributed by atoms with Crippen LogP contribution in [-0.2, 0) is 35.9 Å². The number of benzene rings is 2. The Morgan fingerprint density at radius 3 is 2.47 bits per heavy atom. The highest BCUT2D eigenvalue weighted by molar-refractivity contribution is 7.92. The van der Waals surface area contributed by atoms with Crippen molar-refractivity contribution in [3.63, 3.8) is 0 Å². The third-order valence-corrected chi connectivity index (χ3v) is 8.27. The number of anilines is 1. The summed E-state index contributed by atoms with van der Waals surface area (Å²) in [7, 11) is -2.43. The van der Waals surface area contributed by atoms with Crippen LogP contribution in [0.25, 0.3) is 10.9 Å². The summed E-state index contributed by atoms with van der Waals surface area (Å²) in [6, 6.07) is 7.20. The number of halogens is 2. The second-order valence-corrected chi connectivity index (χ2v) is 11.1. The van der Waals surface area contributed by atoms with E-state index in [1.54, 1.807) is 7.05 Å². The van der Waals surface area contributed by atoms with Crippen LogP contribution in [0.1, 0.15) is 30.0 Å². The van der Waals surface area contributed by atoms with Crippen molar-refractivity contribution >= 4 is 38.9 Å². The molecule has 1 aliphatic heterocycles. The van der Waals surface area contributed by atoms with Crippen molar-refractivity contribution in [3.8, 4) is 0 Å². The summed E-state index contributed by atoms with van der Waals surface area (Å²) >= 11 is 0. The summed E-state index contributed by atoms with van der Waals surface area (Å²) in [6.45, 7) is 1.78. The third kappa shape index (κ3) is 5.42. The predicted molar refractivity (Wildman–Crippen MR) is 134 cm³/mol. The zero-order valence-corrected chi connectivity index (χ0v) is 21.7. The van der Waals surface area contributed by atoms with Gasteiger partial charge in [-0.25, -0.2) is 17.2 Å². The number of ether oxygens (including phenoxy) is 2. The topological polar surface area (TPSA) is 115 Å². The zero-order valence-electron chi connectivity index (χ0n) is 20.9. The molecular formula is C26H28F2N2O7S. The highest BCUT2D eigenvalue weighted by Crippen LogP contribution is 2.34. The van der Waals surface area contributed by atoms with Crippen LogP contribution in [0.15, 0.2) is 41.3 Å². The van der Waals surface area contributed by atoms with Crippen LogP contribution < -0.4 is 4.90 Å². The number of esters is 1. The van der Waals surface area contributed by atoms with Crippen molar-refractivity contribution in [1.29, 1.82) is 0 Å². The molecule has 1 aliphatic rings. The summed E-state index contributed by atoms with van der Waals surface area (Å²) in [6.07, 6.45) is 1.09. The minimum atomic E-state index is -4.01. The lowest BCUT2D eigenvalue weighted by molar-refractivity contribution is -0.149. The van der Waals surface area contributed by atoms with E-state index in [4.69, 9.17) is 9.47 Å². The maximum absolute atomic E-state index is 14.6. The normalized spacial score (nSPS) is 15.4. The van der Waals surface area contributed by atoms with Crippen molar-refractivity contribution in [2.75, 3.05) is 30.5 Å². The van der Waals surface area contributed by atoms with Gasteiger partial charge in [-0.3, -0.25) is 14.5 Å². The first kappa shape index (κ1) is 27.7. The number of rotatable bonds is 9. The molecule has 4 rings (SSSR count). The molecule has 1 N–H and O–H groups in total. The number of amides is 1. The molecule has 0 bridgehead atoms. The molecular weight excluding hydrogens is 522 g/mol. The Kier molecular flexibility index (Phi) is 8.14. The van der Waals surface area contributed by atoms with Crippen LogP contribution in [0.3, 0.4) is 0 Å². The van der Waals surface area contributed by atoms with E-state index in [1.807, 2.05) is 0 Å². The number of fused-ring (bicyclic) bond motifs is 1. The molecule has 1 amide bonds. The lowest BCUT2D eigenvalue weighted by Gasteiger charge is -2.27. The standard InChI is InChI=1S/C26H28F2N2O7S/c1-16-11-21-20(26(28)25(16)27)12-23(29(21)2)30(15-32)22(13-31)17-3-5-19(6-4-17)38(34,35)14-24(33)37-18-7-9-36-10-8-18/h3-6,11-12,15,18,22,31H,7-10,13-14H2,1-2H3/t22-/m1/s1. The Balaban J connectivity index is 1.57. The summed E-state index contributed by atoms with van der Waals surface area (Å²) < 4.78 is 66.2. The Morgan fingerprint density at radius 2 is 1.87 bits per heavy atom. The van der Waals surface area contributed by atoms with E-state index < -0.39 is 45.8 Å². The van der Waals surface area contributed by atoms with E-state index in [1.165, 1.54) is 47.9 Å². The van der Waals surface area contributed by atoms with Crippen LogP contribution in [-0.4, -0.2) is 62.1 Å². The number of hydrogen-bond acceptors (Lipinski definition) is 7. The molecule has 0 saturated carbocycles. The van der Waals surface area contributed by atoms with Crippen LogP contribution in [0, 0.1) is 18.6 Å². The smallest absolute Gasteiger partial charge is 0.321 e. The lowest BCUT2D eigenvalue weighted by atomic mass is 10.1. The first-order chi connectivity index (χ1) is 18.1. The van der Waals surface area contributed by atoms with Crippen molar-refractivity contribution in [1.82, 2.24) is 4.57 Å². The Bertz CT molecular complexity index is 1450. The van der Waals surface area contributed by atoms with Crippen LogP contribution in [0.2, 0.25) is 0 Å². The van der Waals surface area contributed by atoms with E-state index in [0.717, 1.165) is 4.90 Å². The first-order valence-electron chi connectivity index (χ1n) is 12.0. The first-order valence-corrected chi connectivity index (χ1v) is 13.6. The highest BCUT2D eigenvalue weighted by atomic mass is 32.2. The number of sulfone groups is 1. The summed E-state index contributed by atoms with van der Waals surface area (Å²) in [4.78, 5) is 25.3. The molecule has 0 unspecified atom stereocenters. The van der Waals surface area contributed by atoms with Crippen LogP contribution in [0.5, 0.6) is 0 Å². The molecule has 1 atom stereocenters. The number of carbonyl (C=O) groups excluding carboxylic acids is 2. The number of carbonyl (C=O) groups is 2. The van der Waals surface area contributed by atoms with Gasteiger partial charge in [0.15, 0.2) is 27.2 Å². The fraction of sp³-hybridized carbons (Fsp3) is 0.385.